The van der Waals surface area contributed by atoms with Gasteiger partial charge in [0.1, 0.15) is 11.6 Å². The molecule has 2 aromatic rings. The van der Waals surface area contributed by atoms with E-state index in [1.165, 1.54) is 23.5 Å². The van der Waals surface area contributed by atoms with Crippen LogP contribution >= 0.6 is 22.9 Å². The molecule has 2 rings (SSSR count). The quantitative estimate of drug-likeness (QED) is 0.762. The predicted octanol–water partition coefficient (Wildman–Crippen LogP) is 4.25. The molecule has 0 fully saturated rings. The van der Waals surface area contributed by atoms with E-state index in [1.807, 2.05) is 12.3 Å². The zero-order valence-electron chi connectivity index (χ0n) is 9.08. The van der Waals surface area contributed by atoms with Crippen LogP contribution in [0.5, 0.6) is 0 Å². The molecule has 1 atom stereocenters. The lowest BCUT2D eigenvalue weighted by molar-refractivity contribution is 0.570. The highest BCUT2D eigenvalue weighted by Crippen LogP contribution is 2.27. The molecule has 1 nitrogen and oxygen atoms in total. The Morgan fingerprint density at radius 3 is 2.76 bits per heavy atom. The van der Waals surface area contributed by atoms with Gasteiger partial charge in [-0.15, -0.1) is 22.9 Å². The fourth-order valence-corrected chi connectivity index (χ4v) is 2.53. The minimum atomic E-state index is -0.582. The number of alkyl halides is 1. The van der Waals surface area contributed by atoms with Crippen LogP contribution in [-0.2, 0) is 6.42 Å². The summed E-state index contributed by atoms with van der Waals surface area (Å²) in [7, 11) is 0. The first-order valence-corrected chi connectivity index (χ1v) is 6.38. The van der Waals surface area contributed by atoms with Crippen LogP contribution in [0, 0.1) is 18.6 Å². The number of aromatic nitrogens is 1. The van der Waals surface area contributed by atoms with E-state index in [2.05, 4.69) is 4.98 Å². The first kappa shape index (κ1) is 12.5. The first-order valence-electron chi connectivity index (χ1n) is 5.06. The minimum Gasteiger partial charge on any atom is -0.245 e. The average Bonchev–Trinajstić information content (AvgIpc) is 2.69. The van der Waals surface area contributed by atoms with Gasteiger partial charge in [0.05, 0.1) is 16.1 Å². The van der Waals surface area contributed by atoms with Gasteiger partial charge in [0, 0.05) is 11.4 Å². The maximum atomic E-state index is 13.4. The van der Waals surface area contributed by atoms with Gasteiger partial charge in [0.15, 0.2) is 0 Å². The number of hydrogen-bond acceptors (Lipinski definition) is 2. The summed E-state index contributed by atoms with van der Waals surface area (Å²) >= 11 is 7.65. The second-order valence-electron chi connectivity index (χ2n) is 3.70. The van der Waals surface area contributed by atoms with Gasteiger partial charge in [-0.25, -0.2) is 13.8 Å². The molecule has 0 spiro atoms. The maximum absolute atomic E-state index is 13.4. The highest BCUT2D eigenvalue weighted by molar-refractivity contribution is 7.09. The molecular formula is C12H10ClF2NS. The molecule has 0 radical (unpaired) electrons. The van der Waals surface area contributed by atoms with Gasteiger partial charge in [-0.2, -0.15) is 0 Å². The summed E-state index contributed by atoms with van der Waals surface area (Å²) in [6.45, 7) is 1.89. The molecule has 17 heavy (non-hydrogen) atoms. The molecule has 1 aromatic carbocycles. The van der Waals surface area contributed by atoms with E-state index in [0.717, 1.165) is 16.8 Å². The lowest BCUT2D eigenvalue weighted by atomic mass is 10.1. The minimum absolute atomic E-state index is 0.302. The summed E-state index contributed by atoms with van der Waals surface area (Å²) in [4.78, 5) is 4.24. The SMILES string of the molecule is Cc1nc(C(Cl)Cc2ccc(F)cc2F)cs1. The Morgan fingerprint density at radius 2 is 2.18 bits per heavy atom. The molecule has 90 valence electrons. The van der Waals surface area contributed by atoms with Crippen molar-refractivity contribution < 1.29 is 8.78 Å². The van der Waals surface area contributed by atoms with Crippen LogP contribution in [0.2, 0.25) is 0 Å². The van der Waals surface area contributed by atoms with Crippen molar-refractivity contribution in [2.75, 3.05) is 0 Å². The molecule has 1 unspecified atom stereocenters. The molecule has 1 aromatic heterocycles. The van der Waals surface area contributed by atoms with Crippen LogP contribution in [0.3, 0.4) is 0 Å². The number of benzene rings is 1. The molecule has 0 aliphatic heterocycles. The van der Waals surface area contributed by atoms with Gasteiger partial charge in [-0.3, -0.25) is 0 Å². The van der Waals surface area contributed by atoms with Crippen molar-refractivity contribution in [1.29, 1.82) is 0 Å². The third-order valence-electron chi connectivity index (χ3n) is 2.37. The van der Waals surface area contributed by atoms with Crippen LogP contribution in [0.4, 0.5) is 8.78 Å². The lowest BCUT2D eigenvalue weighted by Crippen LogP contribution is -1.99. The molecule has 0 aliphatic carbocycles. The van der Waals surface area contributed by atoms with Crippen molar-refractivity contribution in [1.82, 2.24) is 4.98 Å². The van der Waals surface area contributed by atoms with Crippen LogP contribution in [0.15, 0.2) is 23.6 Å². The van der Waals surface area contributed by atoms with Crippen LogP contribution in [-0.4, -0.2) is 4.98 Å². The molecule has 0 saturated heterocycles. The highest BCUT2D eigenvalue weighted by Gasteiger charge is 2.14. The number of rotatable bonds is 3. The topological polar surface area (TPSA) is 12.9 Å². The molecule has 0 aliphatic rings. The van der Waals surface area contributed by atoms with Crippen molar-refractivity contribution in [3.8, 4) is 0 Å². The van der Waals surface area contributed by atoms with E-state index in [1.54, 1.807) is 0 Å². The van der Waals surface area contributed by atoms with Gasteiger partial charge in [0.2, 0.25) is 0 Å². The van der Waals surface area contributed by atoms with Crippen LogP contribution < -0.4 is 0 Å². The standard InChI is InChI=1S/C12H10ClF2NS/c1-7-16-12(6-17-7)10(13)4-8-2-3-9(14)5-11(8)15/h2-3,5-6,10H,4H2,1H3. The molecule has 0 amide bonds. The van der Waals surface area contributed by atoms with Crippen molar-refractivity contribution in [2.45, 2.75) is 18.7 Å². The Hall–Kier alpha value is -1.00. The molecule has 5 heteroatoms. The number of hydrogen-bond donors (Lipinski definition) is 0. The molecular weight excluding hydrogens is 264 g/mol. The summed E-state index contributed by atoms with van der Waals surface area (Å²) in [6, 6.07) is 3.51. The number of halogens is 3. The van der Waals surface area contributed by atoms with Crippen LogP contribution in [0.25, 0.3) is 0 Å². The Kier molecular flexibility index (Phi) is 3.74. The van der Waals surface area contributed by atoms with Gasteiger partial charge < -0.3 is 0 Å². The Labute approximate surface area is 107 Å². The van der Waals surface area contributed by atoms with E-state index in [9.17, 15) is 8.78 Å². The van der Waals surface area contributed by atoms with Gasteiger partial charge in [-0.05, 0) is 25.0 Å². The summed E-state index contributed by atoms with van der Waals surface area (Å²) in [5.74, 6) is -1.15. The lowest BCUT2D eigenvalue weighted by Gasteiger charge is -2.07. The van der Waals surface area contributed by atoms with Crippen LogP contribution in [0.1, 0.15) is 21.6 Å². The van der Waals surface area contributed by atoms with Gasteiger partial charge in [0.25, 0.3) is 0 Å². The predicted molar refractivity (Wildman–Crippen MR) is 65.5 cm³/mol. The normalized spacial score (nSPS) is 12.7. The fraction of sp³-hybridized carbons (Fsp3) is 0.250. The highest BCUT2D eigenvalue weighted by atomic mass is 35.5. The van der Waals surface area contributed by atoms with Gasteiger partial charge in [-0.1, -0.05) is 6.07 Å². The second-order valence-corrected chi connectivity index (χ2v) is 5.29. The first-order chi connectivity index (χ1) is 8.06. The second kappa shape index (κ2) is 5.10. The maximum Gasteiger partial charge on any atom is 0.129 e. The average molecular weight is 274 g/mol. The van der Waals surface area contributed by atoms with Crippen molar-refractivity contribution >= 4 is 22.9 Å². The van der Waals surface area contributed by atoms with E-state index in [-0.39, 0.29) is 5.38 Å². The zero-order valence-corrected chi connectivity index (χ0v) is 10.7. The summed E-state index contributed by atoms with van der Waals surface area (Å²) in [5, 5.41) is 2.39. The van der Waals surface area contributed by atoms with Crippen molar-refractivity contribution in [3.63, 3.8) is 0 Å². The third kappa shape index (κ3) is 3.01. The van der Waals surface area contributed by atoms with Gasteiger partial charge >= 0.3 is 0 Å². The van der Waals surface area contributed by atoms with E-state index >= 15 is 0 Å². The summed E-state index contributed by atoms with van der Waals surface area (Å²) < 4.78 is 26.1. The summed E-state index contributed by atoms with van der Waals surface area (Å²) in [6.07, 6.45) is 0.302. The largest absolute Gasteiger partial charge is 0.245 e. The number of nitrogens with zero attached hydrogens (tertiary/aromatic N) is 1. The monoisotopic (exact) mass is 273 g/mol. The van der Waals surface area contributed by atoms with Crippen molar-refractivity contribution in [2.24, 2.45) is 0 Å². The summed E-state index contributed by atoms with van der Waals surface area (Å²) in [5.41, 5.74) is 1.13. The molecule has 0 N–H and O–H groups in total. The fourth-order valence-electron chi connectivity index (χ4n) is 1.51. The number of thiazole rings is 1. The van der Waals surface area contributed by atoms with E-state index in [0.29, 0.717) is 12.0 Å². The third-order valence-corrected chi connectivity index (χ3v) is 3.54. The van der Waals surface area contributed by atoms with E-state index < -0.39 is 11.6 Å². The zero-order chi connectivity index (χ0) is 12.4. The van der Waals surface area contributed by atoms with Crippen molar-refractivity contribution in [3.05, 3.63) is 51.5 Å². The molecule has 1 heterocycles. The molecule has 0 saturated carbocycles. The Morgan fingerprint density at radius 1 is 1.41 bits per heavy atom. The Bertz CT molecular complexity index is 527. The number of aryl methyl sites for hydroxylation is 1. The smallest absolute Gasteiger partial charge is 0.129 e. The van der Waals surface area contributed by atoms with E-state index in [4.69, 9.17) is 11.6 Å². The Balaban J connectivity index is 2.15. The molecule has 0 bridgehead atoms.